The lowest BCUT2D eigenvalue weighted by Crippen LogP contribution is -2.41. The molecule has 1 aliphatic rings. The summed E-state index contributed by atoms with van der Waals surface area (Å²) in [5, 5.41) is 0. The minimum atomic E-state index is 0.274. The SMILES string of the molecule is CC(CN)N(C)CC1Cc2ccccc2O1. The smallest absolute Gasteiger partial charge is 0.123 e. The standard InChI is InChI=1S/C13H20N2O/c1-10(8-14)15(2)9-12-7-11-5-3-4-6-13(11)16-12/h3-6,10,12H,7-9,14H2,1-2H3. The number of likely N-dealkylation sites (N-methyl/N-ethyl adjacent to an activating group) is 1. The van der Waals surface area contributed by atoms with Crippen LogP contribution in [0.3, 0.4) is 0 Å². The lowest BCUT2D eigenvalue weighted by atomic mass is 10.1. The molecule has 0 radical (unpaired) electrons. The van der Waals surface area contributed by atoms with E-state index in [-0.39, 0.29) is 6.10 Å². The zero-order valence-corrected chi connectivity index (χ0v) is 10.0. The van der Waals surface area contributed by atoms with Crippen LogP contribution in [0.4, 0.5) is 0 Å². The highest BCUT2D eigenvalue weighted by Crippen LogP contribution is 2.28. The van der Waals surface area contributed by atoms with Crippen molar-refractivity contribution in [2.75, 3.05) is 20.1 Å². The fraction of sp³-hybridized carbons (Fsp3) is 0.538. The van der Waals surface area contributed by atoms with Gasteiger partial charge in [-0.3, -0.25) is 4.90 Å². The van der Waals surface area contributed by atoms with Gasteiger partial charge in [0.05, 0.1) is 0 Å². The largest absolute Gasteiger partial charge is 0.488 e. The lowest BCUT2D eigenvalue weighted by molar-refractivity contribution is 0.146. The summed E-state index contributed by atoms with van der Waals surface area (Å²) in [6.07, 6.45) is 1.29. The first-order chi connectivity index (χ1) is 7.70. The Balaban J connectivity index is 1.92. The number of hydrogen-bond acceptors (Lipinski definition) is 3. The quantitative estimate of drug-likeness (QED) is 0.830. The first-order valence-electron chi connectivity index (χ1n) is 5.85. The Morgan fingerprint density at radius 2 is 2.25 bits per heavy atom. The lowest BCUT2D eigenvalue weighted by Gasteiger charge is -2.25. The molecule has 0 amide bonds. The molecule has 0 bridgehead atoms. The maximum absolute atomic E-state index is 5.89. The van der Waals surface area contributed by atoms with Crippen molar-refractivity contribution in [1.82, 2.24) is 4.90 Å². The van der Waals surface area contributed by atoms with Gasteiger partial charge in [-0.1, -0.05) is 18.2 Å². The van der Waals surface area contributed by atoms with Crippen molar-refractivity contribution in [3.8, 4) is 5.75 Å². The van der Waals surface area contributed by atoms with Crippen LogP contribution >= 0.6 is 0 Å². The number of hydrogen-bond donors (Lipinski definition) is 1. The maximum Gasteiger partial charge on any atom is 0.123 e. The van der Waals surface area contributed by atoms with E-state index in [1.807, 2.05) is 12.1 Å². The third kappa shape index (κ3) is 2.36. The molecule has 1 aliphatic heterocycles. The average molecular weight is 220 g/mol. The summed E-state index contributed by atoms with van der Waals surface area (Å²) in [5.74, 6) is 1.04. The Morgan fingerprint density at radius 1 is 1.50 bits per heavy atom. The zero-order chi connectivity index (χ0) is 11.5. The maximum atomic E-state index is 5.89. The summed E-state index contributed by atoms with van der Waals surface area (Å²) in [4.78, 5) is 2.26. The second kappa shape index (κ2) is 4.85. The molecule has 0 saturated carbocycles. The van der Waals surface area contributed by atoms with Gasteiger partial charge < -0.3 is 10.5 Å². The summed E-state index contributed by atoms with van der Waals surface area (Å²) in [7, 11) is 2.10. The molecule has 0 fully saturated rings. The molecule has 0 spiro atoms. The van der Waals surface area contributed by atoms with Crippen molar-refractivity contribution in [3.63, 3.8) is 0 Å². The molecule has 1 aromatic rings. The van der Waals surface area contributed by atoms with Gasteiger partial charge in [0, 0.05) is 25.6 Å². The van der Waals surface area contributed by atoms with E-state index in [1.165, 1.54) is 5.56 Å². The fourth-order valence-electron chi connectivity index (χ4n) is 2.04. The van der Waals surface area contributed by atoms with Crippen LogP contribution in [-0.4, -0.2) is 37.2 Å². The number of benzene rings is 1. The van der Waals surface area contributed by atoms with Crippen molar-refractivity contribution in [2.45, 2.75) is 25.5 Å². The van der Waals surface area contributed by atoms with E-state index in [9.17, 15) is 0 Å². The first kappa shape index (κ1) is 11.4. The molecule has 0 aromatic heterocycles. The van der Waals surface area contributed by atoms with Gasteiger partial charge in [-0.25, -0.2) is 0 Å². The zero-order valence-electron chi connectivity index (χ0n) is 10.0. The Morgan fingerprint density at radius 3 is 2.94 bits per heavy atom. The van der Waals surface area contributed by atoms with Crippen molar-refractivity contribution < 1.29 is 4.74 Å². The summed E-state index contributed by atoms with van der Waals surface area (Å²) in [6.45, 7) is 3.77. The van der Waals surface area contributed by atoms with Crippen molar-refractivity contribution >= 4 is 0 Å². The molecule has 2 unspecified atom stereocenters. The Hall–Kier alpha value is -1.06. The van der Waals surface area contributed by atoms with E-state index >= 15 is 0 Å². The third-order valence-electron chi connectivity index (χ3n) is 3.30. The van der Waals surface area contributed by atoms with Crippen LogP contribution in [0.15, 0.2) is 24.3 Å². The van der Waals surface area contributed by atoms with E-state index in [0.29, 0.717) is 12.6 Å². The van der Waals surface area contributed by atoms with Crippen LogP contribution < -0.4 is 10.5 Å². The topological polar surface area (TPSA) is 38.5 Å². The van der Waals surface area contributed by atoms with E-state index in [0.717, 1.165) is 18.7 Å². The second-order valence-electron chi connectivity index (χ2n) is 4.58. The van der Waals surface area contributed by atoms with Crippen molar-refractivity contribution in [1.29, 1.82) is 0 Å². The van der Waals surface area contributed by atoms with Crippen molar-refractivity contribution in [3.05, 3.63) is 29.8 Å². The Kier molecular flexibility index (Phi) is 3.46. The minimum Gasteiger partial charge on any atom is -0.488 e. The van der Waals surface area contributed by atoms with E-state index in [2.05, 4.69) is 31.0 Å². The average Bonchev–Trinajstić information content (AvgIpc) is 2.69. The summed E-state index contributed by atoms with van der Waals surface area (Å²) < 4.78 is 5.89. The molecule has 0 aliphatic carbocycles. The Bertz CT molecular complexity index is 329. The highest BCUT2D eigenvalue weighted by Gasteiger charge is 2.24. The van der Waals surface area contributed by atoms with Crippen LogP contribution in [0.25, 0.3) is 0 Å². The molecule has 1 aromatic carbocycles. The predicted octanol–water partition coefficient (Wildman–Crippen LogP) is 1.27. The van der Waals surface area contributed by atoms with Gasteiger partial charge in [-0.15, -0.1) is 0 Å². The number of rotatable bonds is 4. The van der Waals surface area contributed by atoms with Crippen LogP contribution in [0.1, 0.15) is 12.5 Å². The number of ether oxygens (including phenoxy) is 1. The number of nitrogens with two attached hydrogens (primary N) is 1. The predicted molar refractivity (Wildman–Crippen MR) is 65.7 cm³/mol. The third-order valence-corrected chi connectivity index (χ3v) is 3.30. The van der Waals surface area contributed by atoms with Gasteiger partial charge in [-0.2, -0.15) is 0 Å². The van der Waals surface area contributed by atoms with Gasteiger partial charge in [0.15, 0.2) is 0 Å². The highest BCUT2D eigenvalue weighted by atomic mass is 16.5. The van der Waals surface area contributed by atoms with Crippen LogP contribution in [0.2, 0.25) is 0 Å². The summed E-state index contributed by atoms with van der Waals surface area (Å²) >= 11 is 0. The molecular weight excluding hydrogens is 200 g/mol. The normalized spacial score (nSPS) is 20.6. The van der Waals surface area contributed by atoms with Gasteiger partial charge in [0.1, 0.15) is 11.9 Å². The van der Waals surface area contributed by atoms with Crippen LogP contribution in [0.5, 0.6) is 5.75 Å². The van der Waals surface area contributed by atoms with Crippen molar-refractivity contribution in [2.24, 2.45) is 5.73 Å². The number of fused-ring (bicyclic) bond motifs is 1. The molecule has 2 N–H and O–H groups in total. The molecular formula is C13H20N2O. The molecule has 3 heteroatoms. The van der Waals surface area contributed by atoms with E-state index in [4.69, 9.17) is 10.5 Å². The van der Waals surface area contributed by atoms with Gasteiger partial charge in [0.2, 0.25) is 0 Å². The van der Waals surface area contributed by atoms with Crippen LogP contribution in [0, 0.1) is 0 Å². The number of nitrogens with zero attached hydrogens (tertiary/aromatic N) is 1. The molecule has 2 rings (SSSR count). The summed E-state index contributed by atoms with van der Waals surface area (Å²) in [6, 6.07) is 8.68. The molecule has 16 heavy (non-hydrogen) atoms. The molecule has 2 atom stereocenters. The Labute approximate surface area is 97.2 Å². The monoisotopic (exact) mass is 220 g/mol. The minimum absolute atomic E-state index is 0.274. The van der Waals surface area contributed by atoms with Gasteiger partial charge in [0.25, 0.3) is 0 Å². The summed E-state index contributed by atoms with van der Waals surface area (Å²) in [5.41, 5.74) is 6.97. The molecule has 3 nitrogen and oxygen atoms in total. The molecule has 0 saturated heterocycles. The van der Waals surface area contributed by atoms with Crippen LogP contribution in [-0.2, 0) is 6.42 Å². The van der Waals surface area contributed by atoms with Gasteiger partial charge in [-0.05, 0) is 25.6 Å². The van der Waals surface area contributed by atoms with Gasteiger partial charge >= 0.3 is 0 Å². The fourth-order valence-corrected chi connectivity index (χ4v) is 2.04. The molecule has 88 valence electrons. The number of para-hydroxylation sites is 1. The second-order valence-corrected chi connectivity index (χ2v) is 4.58. The molecule has 1 heterocycles. The highest BCUT2D eigenvalue weighted by molar-refractivity contribution is 5.37. The van der Waals surface area contributed by atoms with E-state index < -0.39 is 0 Å². The van der Waals surface area contributed by atoms with E-state index in [1.54, 1.807) is 0 Å². The first-order valence-corrected chi connectivity index (χ1v) is 5.85.